The molecule has 1 fully saturated rings. The summed E-state index contributed by atoms with van der Waals surface area (Å²) in [7, 11) is 0. The molecule has 5 nitrogen and oxygen atoms in total. The van der Waals surface area contributed by atoms with E-state index in [4.69, 9.17) is 4.74 Å². The molecule has 1 aromatic rings. The molecule has 130 valence electrons. The SMILES string of the molecule is C=CCOC(=O)N1CCC(NC(=O)c2ccc(F)c(F)c2F)CC1. The van der Waals surface area contributed by atoms with Gasteiger partial charge in [-0.15, -0.1) is 0 Å². The van der Waals surface area contributed by atoms with Gasteiger partial charge in [0.2, 0.25) is 0 Å². The Bertz CT molecular complexity index is 644. The average Bonchev–Trinajstić information content (AvgIpc) is 2.58. The molecule has 1 aromatic carbocycles. The third-order valence-electron chi connectivity index (χ3n) is 3.69. The van der Waals surface area contributed by atoms with Crippen LogP contribution in [0.15, 0.2) is 24.8 Å². The first-order valence-corrected chi connectivity index (χ1v) is 7.41. The minimum absolute atomic E-state index is 0.116. The second-order valence-electron chi connectivity index (χ2n) is 5.32. The fourth-order valence-electron chi connectivity index (χ4n) is 2.39. The maximum absolute atomic E-state index is 13.6. The highest BCUT2D eigenvalue weighted by molar-refractivity contribution is 5.94. The van der Waals surface area contributed by atoms with Crippen LogP contribution in [-0.4, -0.2) is 42.6 Å². The van der Waals surface area contributed by atoms with Crippen molar-refractivity contribution < 1.29 is 27.5 Å². The second kappa shape index (κ2) is 7.85. The number of likely N-dealkylation sites (tertiary alicyclic amines) is 1. The topological polar surface area (TPSA) is 58.6 Å². The summed E-state index contributed by atoms with van der Waals surface area (Å²) >= 11 is 0. The number of hydrogen-bond acceptors (Lipinski definition) is 3. The molecule has 0 radical (unpaired) electrons. The maximum Gasteiger partial charge on any atom is 0.410 e. The zero-order valence-corrected chi connectivity index (χ0v) is 12.9. The molecule has 2 rings (SSSR count). The van der Waals surface area contributed by atoms with E-state index in [1.807, 2.05) is 0 Å². The first-order valence-electron chi connectivity index (χ1n) is 7.41. The zero-order chi connectivity index (χ0) is 17.7. The lowest BCUT2D eigenvalue weighted by Crippen LogP contribution is -2.46. The number of ether oxygens (including phenoxy) is 1. The predicted molar refractivity (Wildman–Crippen MR) is 79.9 cm³/mol. The quantitative estimate of drug-likeness (QED) is 0.676. The van der Waals surface area contributed by atoms with Gasteiger partial charge in [0.25, 0.3) is 5.91 Å². The number of carbonyl (C=O) groups excluding carboxylic acids is 2. The molecule has 1 saturated heterocycles. The number of benzene rings is 1. The lowest BCUT2D eigenvalue weighted by atomic mass is 10.0. The Kier molecular flexibility index (Phi) is 5.83. The molecule has 0 spiro atoms. The van der Waals surface area contributed by atoms with Crippen molar-refractivity contribution in [3.05, 3.63) is 47.8 Å². The van der Waals surface area contributed by atoms with E-state index in [1.54, 1.807) is 0 Å². The summed E-state index contributed by atoms with van der Waals surface area (Å²) in [4.78, 5) is 25.2. The number of piperidine rings is 1. The van der Waals surface area contributed by atoms with E-state index in [-0.39, 0.29) is 12.6 Å². The van der Waals surface area contributed by atoms with Crippen LogP contribution in [0.4, 0.5) is 18.0 Å². The largest absolute Gasteiger partial charge is 0.445 e. The molecule has 0 bridgehead atoms. The minimum atomic E-state index is -1.68. The number of hydrogen-bond donors (Lipinski definition) is 1. The van der Waals surface area contributed by atoms with Crippen molar-refractivity contribution in [3.8, 4) is 0 Å². The standard InChI is InChI=1S/C16H17F3N2O3/c1-2-9-24-16(23)21-7-5-10(6-8-21)20-15(22)11-3-4-12(17)14(19)13(11)18/h2-4,10H,1,5-9H2,(H,20,22). The van der Waals surface area contributed by atoms with E-state index in [2.05, 4.69) is 11.9 Å². The van der Waals surface area contributed by atoms with E-state index in [0.717, 1.165) is 6.07 Å². The number of carbonyl (C=O) groups is 2. The summed E-state index contributed by atoms with van der Waals surface area (Å²) in [5.41, 5.74) is -0.554. The summed E-state index contributed by atoms with van der Waals surface area (Å²) in [6, 6.07) is 1.30. The molecule has 1 aliphatic heterocycles. The first kappa shape index (κ1) is 17.8. The van der Waals surface area contributed by atoms with Gasteiger partial charge in [-0.2, -0.15) is 0 Å². The van der Waals surface area contributed by atoms with Crippen LogP contribution in [0.5, 0.6) is 0 Å². The fourth-order valence-corrected chi connectivity index (χ4v) is 2.39. The monoisotopic (exact) mass is 342 g/mol. The van der Waals surface area contributed by atoms with Crippen molar-refractivity contribution in [1.82, 2.24) is 10.2 Å². The third-order valence-corrected chi connectivity index (χ3v) is 3.69. The van der Waals surface area contributed by atoms with Gasteiger partial charge in [-0.05, 0) is 25.0 Å². The minimum Gasteiger partial charge on any atom is -0.445 e. The smallest absolute Gasteiger partial charge is 0.410 e. The molecule has 0 atom stereocenters. The molecule has 0 aliphatic carbocycles. The predicted octanol–water partition coefficient (Wildman–Crippen LogP) is 2.62. The highest BCUT2D eigenvalue weighted by atomic mass is 19.2. The van der Waals surface area contributed by atoms with Gasteiger partial charge < -0.3 is 15.0 Å². The van der Waals surface area contributed by atoms with Crippen LogP contribution in [-0.2, 0) is 4.74 Å². The van der Waals surface area contributed by atoms with E-state index in [0.29, 0.717) is 32.0 Å². The Hall–Kier alpha value is -2.51. The first-order chi connectivity index (χ1) is 11.4. The average molecular weight is 342 g/mol. The molecule has 8 heteroatoms. The Morgan fingerprint density at radius 3 is 2.54 bits per heavy atom. The van der Waals surface area contributed by atoms with Crippen LogP contribution < -0.4 is 5.32 Å². The highest BCUT2D eigenvalue weighted by Crippen LogP contribution is 2.17. The van der Waals surface area contributed by atoms with Gasteiger partial charge in [-0.3, -0.25) is 4.79 Å². The van der Waals surface area contributed by atoms with Gasteiger partial charge in [-0.25, -0.2) is 18.0 Å². The molecule has 1 aliphatic rings. The van der Waals surface area contributed by atoms with Crippen LogP contribution in [0.2, 0.25) is 0 Å². The molecule has 24 heavy (non-hydrogen) atoms. The Balaban J connectivity index is 1.90. The molecule has 2 amide bonds. The molecule has 0 aromatic heterocycles. The van der Waals surface area contributed by atoms with Crippen molar-refractivity contribution in [2.45, 2.75) is 18.9 Å². The fraction of sp³-hybridized carbons (Fsp3) is 0.375. The number of halogens is 3. The Morgan fingerprint density at radius 1 is 1.25 bits per heavy atom. The maximum atomic E-state index is 13.6. The molecule has 1 N–H and O–H groups in total. The van der Waals surface area contributed by atoms with Crippen molar-refractivity contribution in [3.63, 3.8) is 0 Å². The van der Waals surface area contributed by atoms with E-state index >= 15 is 0 Å². The van der Waals surface area contributed by atoms with E-state index < -0.39 is 35.0 Å². The van der Waals surface area contributed by atoms with Crippen molar-refractivity contribution in [2.75, 3.05) is 19.7 Å². The summed E-state index contributed by atoms with van der Waals surface area (Å²) in [6.45, 7) is 4.29. The Labute approximate surface area is 137 Å². The molecular weight excluding hydrogens is 325 g/mol. The van der Waals surface area contributed by atoms with Gasteiger partial charge >= 0.3 is 6.09 Å². The number of nitrogens with zero attached hydrogens (tertiary/aromatic N) is 1. The van der Waals surface area contributed by atoms with Crippen LogP contribution in [0.3, 0.4) is 0 Å². The van der Waals surface area contributed by atoms with Crippen LogP contribution in [0.25, 0.3) is 0 Å². The van der Waals surface area contributed by atoms with E-state index in [1.165, 1.54) is 11.0 Å². The van der Waals surface area contributed by atoms with Gasteiger partial charge in [0.05, 0.1) is 5.56 Å². The van der Waals surface area contributed by atoms with Gasteiger partial charge in [0.15, 0.2) is 17.5 Å². The normalized spacial score (nSPS) is 15.0. The van der Waals surface area contributed by atoms with Gasteiger partial charge in [0.1, 0.15) is 6.61 Å². The Morgan fingerprint density at radius 2 is 1.92 bits per heavy atom. The van der Waals surface area contributed by atoms with Crippen molar-refractivity contribution in [2.24, 2.45) is 0 Å². The molecule has 0 unspecified atom stereocenters. The van der Waals surface area contributed by atoms with Crippen LogP contribution >= 0.6 is 0 Å². The molecular formula is C16H17F3N2O3. The van der Waals surface area contributed by atoms with Crippen LogP contribution in [0, 0.1) is 17.5 Å². The van der Waals surface area contributed by atoms with Crippen LogP contribution in [0.1, 0.15) is 23.2 Å². The lowest BCUT2D eigenvalue weighted by molar-refractivity contribution is 0.0870. The summed E-state index contributed by atoms with van der Waals surface area (Å²) in [5, 5.41) is 2.56. The summed E-state index contributed by atoms with van der Waals surface area (Å²) in [6.07, 6.45) is 1.88. The van der Waals surface area contributed by atoms with Gasteiger partial charge in [0, 0.05) is 19.1 Å². The number of nitrogens with one attached hydrogen (secondary N) is 1. The third kappa shape index (κ3) is 4.06. The molecule has 1 heterocycles. The number of rotatable bonds is 4. The zero-order valence-electron chi connectivity index (χ0n) is 12.9. The summed E-state index contributed by atoms with van der Waals surface area (Å²) < 4.78 is 44.6. The lowest BCUT2D eigenvalue weighted by Gasteiger charge is -2.31. The second-order valence-corrected chi connectivity index (χ2v) is 5.32. The summed E-state index contributed by atoms with van der Waals surface area (Å²) in [5.74, 6) is -5.37. The highest BCUT2D eigenvalue weighted by Gasteiger charge is 2.26. The number of amides is 2. The molecule has 0 saturated carbocycles. The van der Waals surface area contributed by atoms with E-state index in [9.17, 15) is 22.8 Å². The van der Waals surface area contributed by atoms with Crippen molar-refractivity contribution >= 4 is 12.0 Å². The van der Waals surface area contributed by atoms with Crippen molar-refractivity contribution in [1.29, 1.82) is 0 Å². The van der Waals surface area contributed by atoms with Gasteiger partial charge in [-0.1, -0.05) is 12.7 Å².